The number of alkyl halides is 6. The maximum Gasteiger partial charge on any atom is 0.434 e. The largest absolute Gasteiger partial charge is 0.496 e. The van der Waals surface area contributed by atoms with Crippen LogP contribution < -0.4 is 4.74 Å². The number of methoxy groups -OCH3 is 1. The minimum Gasteiger partial charge on any atom is -0.496 e. The van der Waals surface area contributed by atoms with Gasteiger partial charge in [-0.15, -0.1) is 0 Å². The number of hydrogen-bond acceptors (Lipinski definition) is 3. The van der Waals surface area contributed by atoms with Gasteiger partial charge >= 0.3 is 18.3 Å². The third-order valence-electron chi connectivity index (χ3n) is 3.67. The molecule has 0 aliphatic heterocycles. The molecule has 0 unspecified atom stereocenters. The molecule has 0 radical (unpaired) electrons. The number of carbonyl (C=O) groups is 1. The number of carboxylic acids is 1. The maximum absolute atomic E-state index is 13.3. The van der Waals surface area contributed by atoms with Crippen molar-refractivity contribution in [1.82, 2.24) is 4.98 Å². The normalized spacial score (nSPS) is 12.4. The zero-order chi connectivity index (χ0) is 19.7. The average molecular weight is 381 g/mol. The van der Waals surface area contributed by atoms with Crippen LogP contribution in [0.5, 0.6) is 5.75 Å². The second-order valence-electron chi connectivity index (χ2n) is 5.44. The molecule has 0 saturated carbocycles. The lowest BCUT2D eigenvalue weighted by Gasteiger charge is -2.18. The third kappa shape index (κ3) is 4.17. The summed E-state index contributed by atoms with van der Waals surface area (Å²) >= 11 is 0. The van der Waals surface area contributed by atoms with E-state index in [9.17, 15) is 36.2 Å². The van der Waals surface area contributed by atoms with E-state index in [1.807, 2.05) is 0 Å². The number of aryl methyl sites for hydroxylation is 1. The number of nitrogens with zero attached hydrogens (tertiary/aromatic N) is 1. The number of halogens is 6. The monoisotopic (exact) mass is 381 g/mol. The van der Waals surface area contributed by atoms with Crippen LogP contribution in [-0.2, 0) is 12.6 Å². The van der Waals surface area contributed by atoms with E-state index in [0.29, 0.717) is 0 Å². The van der Waals surface area contributed by atoms with Gasteiger partial charge in [0.25, 0.3) is 0 Å². The molecule has 2 rings (SSSR count). The Balaban J connectivity index is 2.77. The van der Waals surface area contributed by atoms with Gasteiger partial charge in [-0.05, 0) is 30.5 Å². The second-order valence-corrected chi connectivity index (χ2v) is 5.44. The van der Waals surface area contributed by atoms with E-state index in [4.69, 9.17) is 4.74 Å². The van der Waals surface area contributed by atoms with Gasteiger partial charge in [-0.1, -0.05) is 6.07 Å². The molecule has 0 fully saturated rings. The summed E-state index contributed by atoms with van der Waals surface area (Å²) in [6.45, 7) is 0. The highest BCUT2D eigenvalue weighted by molar-refractivity contribution is 6.00. The number of hydrogen-bond donors (Lipinski definition) is 1. The lowest BCUT2D eigenvalue weighted by Crippen LogP contribution is -2.19. The van der Waals surface area contributed by atoms with Crippen LogP contribution in [0.15, 0.2) is 18.2 Å². The molecule has 26 heavy (non-hydrogen) atoms. The fourth-order valence-corrected chi connectivity index (χ4v) is 2.68. The lowest BCUT2D eigenvalue weighted by molar-refractivity contribution is -0.141. The van der Waals surface area contributed by atoms with Crippen molar-refractivity contribution in [2.24, 2.45) is 0 Å². The molecule has 4 nitrogen and oxygen atoms in total. The number of aromatic carboxylic acids is 1. The van der Waals surface area contributed by atoms with Gasteiger partial charge in [0, 0.05) is 11.8 Å². The van der Waals surface area contributed by atoms with E-state index < -0.39 is 48.8 Å². The van der Waals surface area contributed by atoms with E-state index >= 15 is 0 Å². The van der Waals surface area contributed by atoms with Gasteiger partial charge in [-0.2, -0.15) is 26.3 Å². The Kier molecular flexibility index (Phi) is 5.33. The summed E-state index contributed by atoms with van der Waals surface area (Å²) in [5.74, 6) is -1.88. The molecule has 0 bridgehead atoms. The Labute approximate surface area is 143 Å². The van der Waals surface area contributed by atoms with Crippen molar-refractivity contribution in [2.75, 3.05) is 7.11 Å². The van der Waals surface area contributed by atoms with Crippen LogP contribution in [0.3, 0.4) is 0 Å². The van der Waals surface area contributed by atoms with Crippen molar-refractivity contribution in [2.45, 2.75) is 31.6 Å². The van der Waals surface area contributed by atoms with E-state index in [2.05, 4.69) is 4.98 Å². The van der Waals surface area contributed by atoms with Crippen molar-refractivity contribution < 1.29 is 41.0 Å². The van der Waals surface area contributed by atoms with Gasteiger partial charge in [0.15, 0.2) is 5.69 Å². The van der Waals surface area contributed by atoms with Crippen LogP contribution in [0.2, 0.25) is 0 Å². The number of benzene rings is 1. The molecular formula is C16H13F6NO3. The van der Waals surface area contributed by atoms with E-state index in [-0.39, 0.29) is 22.2 Å². The Morgan fingerprint density at radius 3 is 2.35 bits per heavy atom. The number of carboxylic acid groups (broad SMARTS) is 1. The Bertz CT molecular complexity index is 829. The number of aromatic nitrogens is 1. The highest BCUT2D eigenvalue weighted by Gasteiger charge is 2.40. The van der Waals surface area contributed by atoms with Crippen LogP contribution in [0.25, 0.3) is 10.9 Å². The zero-order valence-electron chi connectivity index (χ0n) is 13.3. The fraction of sp³-hybridized carbons (Fsp3) is 0.375. The van der Waals surface area contributed by atoms with Crippen LogP contribution >= 0.6 is 0 Å². The number of ether oxygens (including phenoxy) is 1. The molecule has 2 aromatic rings. The molecule has 0 amide bonds. The molecule has 10 heteroatoms. The summed E-state index contributed by atoms with van der Waals surface area (Å²) < 4.78 is 82.1. The smallest absolute Gasteiger partial charge is 0.434 e. The first-order chi connectivity index (χ1) is 12.0. The molecule has 0 spiro atoms. The van der Waals surface area contributed by atoms with Crippen LogP contribution in [0.1, 0.15) is 34.5 Å². The summed E-state index contributed by atoms with van der Waals surface area (Å²) in [4.78, 5) is 14.9. The topological polar surface area (TPSA) is 59.4 Å². The first-order valence-corrected chi connectivity index (χ1v) is 7.32. The van der Waals surface area contributed by atoms with Gasteiger partial charge in [-0.25, -0.2) is 9.78 Å². The number of pyridine rings is 1. The molecule has 142 valence electrons. The molecule has 0 atom stereocenters. The van der Waals surface area contributed by atoms with Gasteiger partial charge in [0.2, 0.25) is 0 Å². The van der Waals surface area contributed by atoms with E-state index in [1.165, 1.54) is 25.3 Å². The molecule has 0 aliphatic rings. The average Bonchev–Trinajstić information content (AvgIpc) is 2.51. The summed E-state index contributed by atoms with van der Waals surface area (Å²) in [5.41, 5.74) is -3.38. The summed E-state index contributed by atoms with van der Waals surface area (Å²) in [5, 5.41) is 9.25. The molecule has 1 N–H and O–H groups in total. The minimum absolute atomic E-state index is 0.0354. The number of rotatable bonds is 5. The molecule has 0 aliphatic carbocycles. The van der Waals surface area contributed by atoms with Gasteiger partial charge < -0.3 is 9.84 Å². The highest BCUT2D eigenvalue weighted by Crippen LogP contribution is 2.39. The Morgan fingerprint density at radius 1 is 1.19 bits per heavy atom. The third-order valence-corrected chi connectivity index (χ3v) is 3.67. The van der Waals surface area contributed by atoms with Gasteiger partial charge in [0.1, 0.15) is 5.75 Å². The minimum atomic E-state index is -5.08. The summed E-state index contributed by atoms with van der Waals surface area (Å²) in [6.07, 6.45) is -11.9. The predicted molar refractivity (Wildman–Crippen MR) is 79.2 cm³/mol. The van der Waals surface area contributed by atoms with Crippen LogP contribution in [0, 0.1) is 0 Å². The highest BCUT2D eigenvalue weighted by atomic mass is 19.4. The molecule has 1 aromatic carbocycles. The lowest BCUT2D eigenvalue weighted by atomic mass is 9.95. The van der Waals surface area contributed by atoms with Crippen LogP contribution in [0.4, 0.5) is 26.3 Å². The van der Waals surface area contributed by atoms with Gasteiger partial charge in [0.05, 0.1) is 18.2 Å². The van der Waals surface area contributed by atoms with E-state index in [0.717, 1.165) is 0 Å². The van der Waals surface area contributed by atoms with Gasteiger partial charge in [-0.3, -0.25) is 0 Å². The second kappa shape index (κ2) is 7.00. The number of fused-ring (bicyclic) bond motifs is 1. The van der Waals surface area contributed by atoms with Crippen molar-refractivity contribution in [3.63, 3.8) is 0 Å². The van der Waals surface area contributed by atoms with E-state index in [1.54, 1.807) is 0 Å². The van der Waals surface area contributed by atoms with Crippen molar-refractivity contribution >= 4 is 16.9 Å². The first kappa shape index (κ1) is 19.8. The van der Waals surface area contributed by atoms with Crippen molar-refractivity contribution in [3.8, 4) is 5.75 Å². The molecule has 0 saturated heterocycles. The first-order valence-electron chi connectivity index (χ1n) is 7.32. The molecular weight excluding hydrogens is 368 g/mol. The summed E-state index contributed by atoms with van der Waals surface area (Å²) in [7, 11) is 1.21. The fourth-order valence-electron chi connectivity index (χ4n) is 2.68. The zero-order valence-corrected chi connectivity index (χ0v) is 13.3. The quantitative estimate of drug-likeness (QED) is 0.753. The van der Waals surface area contributed by atoms with Crippen molar-refractivity contribution in [3.05, 3.63) is 35.0 Å². The van der Waals surface area contributed by atoms with Crippen LogP contribution in [-0.4, -0.2) is 29.3 Å². The molecule has 1 aromatic heterocycles. The Morgan fingerprint density at radius 2 is 1.85 bits per heavy atom. The standard InChI is InChI=1S/C16H13F6NO3/c1-26-10-6-2-5-9-11(10)8(4-3-7-15(17,18)19)12(14(24)25)13(23-9)16(20,21)22/h2,5-6H,3-4,7H2,1H3,(H,24,25). The van der Waals surface area contributed by atoms with Crippen molar-refractivity contribution in [1.29, 1.82) is 0 Å². The summed E-state index contributed by atoms with van der Waals surface area (Å²) in [6, 6.07) is 3.94. The molecule has 1 heterocycles. The maximum atomic E-state index is 13.3. The SMILES string of the molecule is COc1cccc2nc(C(F)(F)F)c(C(=O)O)c(CCCC(F)(F)F)c12. The Hall–Kier alpha value is -2.52. The predicted octanol–water partition coefficient (Wildman–Crippen LogP) is 4.85.